The first-order chi connectivity index (χ1) is 9.54. The predicted molar refractivity (Wildman–Crippen MR) is 73.9 cm³/mol. The average molecular weight is 293 g/mol. The fourth-order valence-electron chi connectivity index (χ4n) is 2.07. The number of nitro benzene ring substituents is 1. The molecule has 8 heteroatoms. The molecule has 0 aromatic heterocycles. The molecule has 20 heavy (non-hydrogen) atoms. The third-order valence-electron chi connectivity index (χ3n) is 3.04. The summed E-state index contributed by atoms with van der Waals surface area (Å²) >= 11 is 1.55. The van der Waals surface area contributed by atoms with Gasteiger partial charge in [0, 0.05) is 29.8 Å². The summed E-state index contributed by atoms with van der Waals surface area (Å²) in [5, 5.41) is 29.0. The molecule has 1 aliphatic heterocycles. The van der Waals surface area contributed by atoms with Crippen molar-refractivity contribution in [3.8, 4) is 6.07 Å². The number of carboxylic acid groups (broad SMARTS) is 1. The van der Waals surface area contributed by atoms with E-state index in [1.54, 1.807) is 22.7 Å². The second-order valence-electron chi connectivity index (χ2n) is 4.19. The van der Waals surface area contributed by atoms with Gasteiger partial charge in [-0.2, -0.15) is 17.0 Å². The number of hydrogen-bond acceptors (Lipinski definition) is 6. The van der Waals surface area contributed by atoms with Gasteiger partial charge in [0.2, 0.25) is 0 Å². The Labute approximate surface area is 118 Å². The van der Waals surface area contributed by atoms with Gasteiger partial charge in [-0.05, 0) is 12.1 Å². The first-order valence-electron chi connectivity index (χ1n) is 5.80. The zero-order chi connectivity index (χ0) is 14.7. The number of nitro groups is 1. The van der Waals surface area contributed by atoms with Crippen LogP contribution in [0.5, 0.6) is 0 Å². The number of nitrogens with zero attached hydrogens (tertiary/aromatic N) is 3. The van der Waals surface area contributed by atoms with Gasteiger partial charge in [0.1, 0.15) is 17.7 Å². The van der Waals surface area contributed by atoms with E-state index in [0.717, 1.165) is 5.75 Å². The quantitative estimate of drug-likeness (QED) is 0.664. The van der Waals surface area contributed by atoms with Crippen molar-refractivity contribution in [3.63, 3.8) is 0 Å². The van der Waals surface area contributed by atoms with Crippen LogP contribution in [0.3, 0.4) is 0 Å². The third-order valence-corrected chi connectivity index (χ3v) is 4.07. The number of thioether (sulfide) groups is 1. The Bertz CT molecular complexity index is 599. The molecule has 0 bridgehead atoms. The van der Waals surface area contributed by atoms with Crippen LogP contribution in [0.25, 0.3) is 0 Å². The van der Waals surface area contributed by atoms with Gasteiger partial charge in [-0.3, -0.25) is 10.1 Å². The van der Waals surface area contributed by atoms with Gasteiger partial charge >= 0.3 is 5.97 Å². The molecule has 1 heterocycles. The number of hydrogen-bond donors (Lipinski definition) is 1. The minimum atomic E-state index is -0.936. The Kier molecular flexibility index (Phi) is 4.10. The van der Waals surface area contributed by atoms with E-state index in [9.17, 15) is 20.0 Å². The lowest BCUT2D eigenvalue weighted by molar-refractivity contribution is -0.385. The maximum Gasteiger partial charge on any atom is 0.327 e. The second kappa shape index (κ2) is 5.79. The molecule has 1 atom stereocenters. The first kappa shape index (κ1) is 14.1. The molecule has 0 amide bonds. The standard InChI is InChI=1S/C12H11N3O4S/c13-6-8-5-9(1-2-10(8)15(18)19)14-3-4-20-7-11(14)12(16)17/h1-2,5,11H,3-4,7H2,(H,16,17). The lowest BCUT2D eigenvalue weighted by atomic mass is 10.1. The zero-order valence-corrected chi connectivity index (χ0v) is 11.2. The Morgan fingerprint density at radius 2 is 2.35 bits per heavy atom. The smallest absolute Gasteiger partial charge is 0.327 e. The van der Waals surface area contributed by atoms with Crippen molar-refractivity contribution >= 4 is 29.1 Å². The van der Waals surface area contributed by atoms with Gasteiger partial charge in [0.25, 0.3) is 5.69 Å². The Hall–Kier alpha value is -2.27. The van der Waals surface area contributed by atoms with E-state index in [2.05, 4.69) is 0 Å². The van der Waals surface area contributed by atoms with Crippen molar-refractivity contribution < 1.29 is 14.8 Å². The van der Waals surface area contributed by atoms with Gasteiger partial charge in [-0.25, -0.2) is 4.79 Å². The number of aliphatic carboxylic acids is 1. The highest BCUT2D eigenvalue weighted by molar-refractivity contribution is 7.99. The van der Waals surface area contributed by atoms with Crippen LogP contribution in [0, 0.1) is 21.4 Å². The maximum atomic E-state index is 11.2. The van der Waals surface area contributed by atoms with Crippen LogP contribution < -0.4 is 4.90 Å². The van der Waals surface area contributed by atoms with Crippen LogP contribution in [0.2, 0.25) is 0 Å². The van der Waals surface area contributed by atoms with Crippen molar-refractivity contribution in [2.24, 2.45) is 0 Å². The maximum absolute atomic E-state index is 11.2. The van der Waals surface area contributed by atoms with E-state index < -0.39 is 16.9 Å². The summed E-state index contributed by atoms with van der Waals surface area (Å²) in [5.74, 6) is 0.297. The van der Waals surface area contributed by atoms with E-state index in [1.807, 2.05) is 0 Å². The van der Waals surface area contributed by atoms with Gasteiger partial charge in [-0.15, -0.1) is 0 Å². The van der Waals surface area contributed by atoms with E-state index in [0.29, 0.717) is 18.0 Å². The Balaban J connectivity index is 2.39. The van der Waals surface area contributed by atoms with Gasteiger partial charge in [-0.1, -0.05) is 0 Å². The van der Waals surface area contributed by atoms with Crippen LogP contribution in [0.1, 0.15) is 5.56 Å². The van der Waals surface area contributed by atoms with E-state index in [1.165, 1.54) is 18.2 Å². The SMILES string of the molecule is N#Cc1cc(N2CCSCC2C(=O)O)ccc1[N+](=O)[O-]. The molecular formula is C12H11N3O4S. The van der Waals surface area contributed by atoms with Gasteiger partial charge < -0.3 is 10.0 Å². The van der Waals surface area contributed by atoms with Crippen LogP contribution in [0.4, 0.5) is 11.4 Å². The molecule has 1 aliphatic rings. The molecule has 104 valence electrons. The van der Waals surface area contributed by atoms with E-state index >= 15 is 0 Å². The summed E-state index contributed by atoms with van der Waals surface area (Å²) in [4.78, 5) is 23.1. The summed E-state index contributed by atoms with van der Waals surface area (Å²) < 4.78 is 0. The van der Waals surface area contributed by atoms with Crippen LogP contribution in [-0.4, -0.2) is 40.1 Å². The van der Waals surface area contributed by atoms with Crippen LogP contribution in [-0.2, 0) is 4.79 Å². The molecule has 1 aromatic carbocycles. The molecule has 0 radical (unpaired) electrons. The lowest BCUT2D eigenvalue weighted by Crippen LogP contribution is -2.47. The highest BCUT2D eigenvalue weighted by Gasteiger charge is 2.30. The number of rotatable bonds is 3. The molecule has 1 unspecified atom stereocenters. The zero-order valence-electron chi connectivity index (χ0n) is 10.4. The molecular weight excluding hydrogens is 282 g/mol. The van der Waals surface area contributed by atoms with E-state index in [-0.39, 0.29) is 11.3 Å². The average Bonchev–Trinajstić information content (AvgIpc) is 2.46. The molecule has 0 aliphatic carbocycles. The molecule has 1 aromatic rings. The molecule has 2 rings (SSSR count). The fraction of sp³-hybridized carbons (Fsp3) is 0.333. The molecule has 1 N–H and O–H groups in total. The second-order valence-corrected chi connectivity index (χ2v) is 5.34. The Morgan fingerprint density at radius 3 is 2.95 bits per heavy atom. The topological polar surface area (TPSA) is 107 Å². The van der Waals surface area contributed by atoms with Crippen molar-refractivity contribution in [1.29, 1.82) is 5.26 Å². The fourth-order valence-corrected chi connectivity index (χ4v) is 3.11. The summed E-state index contributed by atoms with van der Waals surface area (Å²) in [6.07, 6.45) is 0. The minimum absolute atomic E-state index is 0.0603. The van der Waals surface area contributed by atoms with Gasteiger partial charge in [0.05, 0.1) is 4.92 Å². The minimum Gasteiger partial charge on any atom is -0.480 e. The number of carboxylic acids is 1. The molecule has 0 spiro atoms. The molecule has 7 nitrogen and oxygen atoms in total. The van der Waals surface area contributed by atoms with Crippen molar-refractivity contribution in [1.82, 2.24) is 0 Å². The summed E-state index contributed by atoms with van der Waals surface area (Å²) in [6, 6.07) is 5.22. The monoisotopic (exact) mass is 293 g/mol. The predicted octanol–water partition coefficient (Wildman–Crippen LogP) is 1.47. The molecule has 1 saturated heterocycles. The number of carbonyl (C=O) groups is 1. The summed E-state index contributed by atoms with van der Waals surface area (Å²) in [6.45, 7) is 0.532. The molecule has 1 fully saturated rings. The number of nitriles is 1. The van der Waals surface area contributed by atoms with Crippen molar-refractivity contribution in [2.45, 2.75) is 6.04 Å². The molecule has 0 saturated carbocycles. The highest BCUT2D eigenvalue weighted by atomic mass is 32.2. The summed E-state index contributed by atoms with van der Waals surface area (Å²) in [5.41, 5.74) is 0.198. The Morgan fingerprint density at radius 1 is 1.60 bits per heavy atom. The third kappa shape index (κ3) is 2.67. The first-order valence-corrected chi connectivity index (χ1v) is 6.96. The summed E-state index contributed by atoms with van der Waals surface area (Å²) in [7, 11) is 0. The number of anilines is 1. The van der Waals surface area contributed by atoms with Gasteiger partial charge in [0.15, 0.2) is 0 Å². The van der Waals surface area contributed by atoms with E-state index in [4.69, 9.17) is 5.26 Å². The largest absolute Gasteiger partial charge is 0.480 e. The normalized spacial score (nSPS) is 18.4. The highest BCUT2D eigenvalue weighted by Crippen LogP contribution is 2.28. The lowest BCUT2D eigenvalue weighted by Gasteiger charge is -2.34. The van der Waals surface area contributed by atoms with Crippen molar-refractivity contribution in [2.75, 3.05) is 23.0 Å². The van der Waals surface area contributed by atoms with Crippen molar-refractivity contribution in [3.05, 3.63) is 33.9 Å². The van der Waals surface area contributed by atoms with Crippen LogP contribution in [0.15, 0.2) is 18.2 Å². The number of benzene rings is 1. The van der Waals surface area contributed by atoms with Crippen LogP contribution >= 0.6 is 11.8 Å².